The van der Waals surface area contributed by atoms with Gasteiger partial charge >= 0.3 is 0 Å². The SMILES string of the molecule is Cl.N[C@@H]1CCC[C@H]1CC(=O)NC1CCN(C(=O)C2COc3ccccc3O2)CC1. The van der Waals surface area contributed by atoms with Crippen LogP contribution in [-0.2, 0) is 9.59 Å². The van der Waals surface area contributed by atoms with Crippen molar-refractivity contribution in [2.45, 2.75) is 56.7 Å². The maximum absolute atomic E-state index is 12.8. The highest BCUT2D eigenvalue weighted by molar-refractivity contribution is 5.85. The number of para-hydroxylation sites is 2. The van der Waals surface area contributed by atoms with Gasteiger partial charge in [0.15, 0.2) is 11.5 Å². The second kappa shape index (κ2) is 9.67. The van der Waals surface area contributed by atoms with Crippen LogP contribution in [0.2, 0.25) is 0 Å². The first kappa shape index (κ1) is 21.7. The molecule has 1 aromatic carbocycles. The van der Waals surface area contributed by atoms with E-state index in [4.69, 9.17) is 15.2 Å². The molecule has 3 atom stereocenters. The molecule has 0 radical (unpaired) electrons. The molecule has 1 unspecified atom stereocenters. The fraction of sp³-hybridized carbons (Fsp3) is 0.619. The number of hydrogen-bond donors (Lipinski definition) is 2. The van der Waals surface area contributed by atoms with Gasteiger partial charge < -0.3 is 25.4 Å². The summed E-state index contributed by atoms with van der Waals surface area (Å²) in [6.45, 7) is 1.47. The molecule has 3 N–H and O–H groups in total. The predicted molar refractivity (Wildman–Crippen MR) is 111 cm³/mol. The third-order valence-electron chi connectivity index (χ3n) is 6.12. The number of nitrogens with zero attached hydrogens (tertiary/aromatic N) is 1. The second-order valence-corrected chi connectivity index (χ2v) is 8.09. The number of carbonyl (C=O) groups excluding carboxylic acids is 2. The monoisotopic (exact) mass is 423 g/mol. The average Bonchev–Trinajstić information content (AvgIpc) is 3.12. The fourth-order valence-electron chi connectivity index (χ4n) is 4.43. The van der Waals surface area contributed by atoms with Gasteiger partial charge in [-0.05, 0) is 43.7 Å². The summed E-state index contributed by atoms with van der Waals surface area (Å²) >= 11 is 0. The van der Waals surface area contributed by atoms with Gasteiger partial charge in [0.25, 0.3) is 5.91 Å². The largest absolute Gasteiger partial charge is 0.485 e. The molecule has 1 aromatic rings. The van der Waals surface area contributed by atoms with E-state index in [1.54, 1.807) is 0 Å². The minimum Gasteiger partial charge on any atom is -0.485 e. The minimum atomic E-state index is -0.607. The number of nitrogens with two attached hydrogens (primary N) is 1. The summed E-state index contributed by atoms with van der Waals surface area (Å²) in [7, 11) is 0. The van der Waals surface area contributed by atoms with Crippen LogP contribution >= 0.6 is 12.4 Å². The zero-order valence-corrected chi connectivity index (χ0v) is 17.4. The van der Waals surface area contributed by atoms with Crippen LogP contribution in [0.1, 0.15) is 38.5 Å². The molecule has 2 aliphatic heterocycles. The molecule has 2 heterocycles. The van der Waals surface area contributed by atoms with Crippen molar-refractivity contribution in [1.82, 2.24) is 10.2 Å². The number of halogens is 1. The van der Waals surface area contributed by atoms with Crippen LogP contribution in [0.4, 0.5) is 0 Å². The molecule has 0 bridgehead atoms. The van der Waals surface area contributed by atoms with Gasteiger partial charge in [-0.2, -0.15) is 0 Å². The number of nitrogens with one attached hydrogen (secondary N) is 1. The molecule has 3 aliphatic rings. The van der Waals surface area contributed by atoms with Crippen LogP contribution in [0.15, 0.2) is 24.3 Å². The summed E-state index contributed by atoms with van der Waals surface area (Å²) in [4.78, 5) is 26.9. The highest BCUT2D eigenvalue weighted by Gasteiger charge is 2.33. The molecule has 1 saturated carbocycles. The number of piperidine rings is 1. The van der Waals surface area contributed by atoms with E-state index >= 15 is 0 Å². The van der Waals surface area contributed by atoms with E-state index in [9.17, 15) is 9.59 Å². The lowest BCUT2D eigenvalue weighted by molar-refractivity contribution is -0.142. The second-order valence-electron chi connectivity index (χ2n) is 8.09. The molecule has 4 rings (SSSR count). The molecule has 29 heavy (non-hydrogen) atoms. The van der Waals surface area contributed by atoms with Crippen LogP contribution < -0.4 is 20.5 Å². The Morgan fingerprint density at radius 3 is 2.52 bits per heavy atom. The van der Waals surface area contributed by atoms with Crippen molar-refractivity contribution in [2.75, 3.05) is 19.7 Å². The Morgan fingerprint density at radius 2 is 1.83 bits per heavy atom. The smallest absolute Gasteiger partial charge is 0.267 e. The van der Waals surface area contributed by atoms with Crippen molar-refractivity contribution in [3.63, 3.8) is 0 Å². The first-order valence-corrected chi connectivity index (χ1v) is 10.3. The molecule has 0 spiro atoms. The van der Waals surface area contributed by atoms with Gasteiger partial charge in [-0.3, -0.25) is 9.59 Å². The van der Waals surface area contributed by atoms with Gasteiger partial charge in [0.2, 0.25) is 12.0 Å². The van der Waals surface area contributed by atoms with Crippen LogP contribution in [0.25, 0.3) is 0 Å². The van der Waals surface area contributed by atoms with Crippen molar-refractivity contribution in [2.24, 2.45) is 11.7 Å². The lowest BCUT2D eigenvalue weighted by Gasteiger charge is -2.35. The quantitative estimate of drug-likeness (QED) is 0.771. The van der Waals surface area contributed by atoms with Gasteiger partial charge in [-0.1, -0.05) is 18.6 Å². The Morgan fingerprint density at radius 1 is 1.10 bits per heavy atom. The third kappa shape index (κ3) is 5.14. The van der Waals surface area contributed by atoms with Gasteiger partial charge in [-0.15, -0.1) is 12.4 Å². The van der Waals surface area contributed by atoms with E-state index in [2.05, 4.69) is 5.32 Å². The van der Waals surface area contributed by atoms with E-state index in [1.807, 2.05) is 29.2 Å². The Balaban J connectivity index is 0.00000240. The summed E-state index contributed by atoms with van der Waals surface area (Å²) in [5.41, 5.74) is 6.07. The molecule has 2 amide bonds. The predicted octanol–water partition coefficient (Wildman–Crippen LogP) is 1.87. The molecule has 8 heteroatoms. The van der Waals surface area contributed by atoms with Crippen molar-refractivity contribution in [3.05, 3.63) is 24.3 Å². The van der Waals surface area contributed by atoms with E-state index < -0.39 is 6.10 Å². The van der Waals surface area contributed by atoms with Crippen molar-refractivity contribution >= 4 is 24.2 Å². The first-order chi connectivity index (χ1) is 13.6. The summed E-state index contributed by atoms with van der Waals surface area (Å²) in [6.07, 6.45) is 4.63. The Kier molecular flexibility index (Phi) is 7.24. The zero-order valence-electron chi connectivity index (χ0n) is 16.5. The minimum absolute atomic E-state index is 0. The molecule has 2 fully saturated rings. The highest BCUT2D eigenvalue weighted by atomic mass is 35.5. The maximum atomic E-state index is 12.8. The average molecular weight is 424 g/mol. The van der Waals surface area contributed by atoms with E-state index in [-0.39, 0.29) is 42.9 Å². The van der Waals surface area contributed by atoms with Crippen LogP contribution in [0, 0.1) is 5.92 Å². The number of ether oxygens (including phenoxy) is 2. The number of carbonyl (C=O) groups is 2. The molecule has 1 aliphatic carbocycles. The Hall–Kier alpha value is -1.99. The van der Waals surface area contributed by atoms with Crippen LogP contribution in [0.3, 0.4) is 0 Å². The molecule has 1 saturated heterocycles. The number of hydrogen-bond acceptors (Lipinski definition) is 5. The standard InChI is InChI=1S/C21H29N3O4.ClH/c22-16-5-3-4-14(16)12-20(25)23-15-8-10-24(11-9-15)21(26)19-13-27-17-6-1-2-7-18(17)28-19;/h1-2,6-7,14-16,19H,3-5,8-13,22H2,(H,23,25);1H/t14-,16+,19?;/m0./s1. The number of likely N-dealkylation sites (tertiary alicyclic amines) is 1. The summed E-state index contributed by atoms with van der Waals surface area (Å²) in [5.74, 6) is 1.64. The van der Waals surface area contributed by atoms with E-state index in [0.717, 1.165) is 32.1 Å². The number of rotatable bonds is 4. The van der Waals surface area contributed by atoms with Crippen molar-refractivity contribution in [3.8, 4) is 11.5 Å². The number of amides is 2. The Bertz CT molecular complexity index is 724. The highest BCUT2D eigenvalue weighted by Crippen LogP contribution is 2.31. The summed E-state index contributed by atoms with van der Waals surface area (Å²) < 4.78 is 11.5. The molecular formula is C21H30ClN3O4. The lowest BCUT2D eigenvalue weighted by atomic mass is 9.98. The molecule has 0 aromatic heterocycles. The van der Waals surface area contributed by atoms with Gasteiger partial charge in [0, 0.05) is 31.6 Å². The molecule has 160 valence electrons. The number of benzene rings is 1. The van der Waals surface area contributed by atoms with E-state index in [1.165, 1.54) is 0 Å². The van der Waals surface area contributed by atoms with Gasteiger partial charge in [0.05, 0.1) is 0 Å². The fourth-order valence-corrected chi connectivity index (χ4v) is 4.43. The van der Waals surface area contributed by atoms with Crippen molar-refractivity contribution < 1.29 is 19.1 Å². The zero-order chi connectivity index (χ0) is 19.5. The van der Waals surface area contributed by atoms with Crippen LogP contribution in [-0.4, -0.2) is 54.6 Å². The number of fused-ring (bicyclic) bond motifs is 1. The van der Waals surface area contributed by atoms with Crippen molar-refractivity contribution in [1.29, 1.82) is 0 Å². The summed E-state index contributed by atoms with van der Waals surface area (Å²) in [5, 5.41) is 3.13. The first-order valence-electron chi connectivity index (χ1n) is 10.3. The van der Waals surface area contributed by atoms with E-state index in [0.29, 0.717) is 36.9 Å². The van der Waals surface area contributed by atoms with Crippen LogP contribution in [0.5, 0.6) is 11.5 Å². The maximum Gasteiger partial charge on any atom is 0.267 e. The van der Waals surface area contributed by atoms with Gasteiger partial charge in [0.1, 0.15) is 6.61 Å². The van der Waals surface area contributed by atoms with Gasteiger partial charge in [-0.25, -0.2) is 0 Å². The topological polar surface area (TPSA) is 93.9 Å². The lowest BCUT2D eigenvalue weighted by Crippen LogP contribution is -2.52. The third-order valence-corrected chi connectivity index (χ3v) is 6.12. The molecule has 7 nitrogen and oxygen atoms in total. The molecular weight excluding hydrogens is 394 g/mol. The Labute approximate surface area is 177 Å². The summed E-state index contributed by atoms with van der Waals surface area (Å²) in [6, 6.07) is 7.67. The normalized spacial score (nSPS) is 26.5.